The molecule has 0 amide bonds. The molecule has 3 N–H and O–H groups in total. The third-order valence-corrected chi connectivity index (χ3v) is 4.09. The molecule has 0 atom stereocenters. The number of nitrogens with zero attached hydrogens (tertiary/aromatic N) is 1. The average Bonchev–Trinajstić information content (AvgIpc) is 2.46. The maximum Gasteiger partial charge on any atom is 0.244 e. The first kappa shape index (κ1) is 14.3. The highest BCUT2D eigenvalue weighted by Crippen LogP contribution is 2.25. The molecule has 1 aromatic heterocycles. The van der Waals surface area contributed by atoms with E-state index in [2.05, 4.69) is 9.71 Å². The summed E-state index contributed by atoms with van der Waals surface area (Å²) in [5.41, 5.74) is 6.75. The van der Waals surface area contributed by atoms with E-state index in [4.69, 9.17) is 10.5 Å². The lowest BCUT2D eigenvalue weighted by atomic mass is 10.3. The number of methoxy groups -OCH3 is 1. The summed E-state index contributed by atoms with van der Waals surface area (Å²) in [5, 5.41) is 0. The second kappa shape index (κ2) is 5.89. The molecule has 0 bridgehead atoms. The molecule has 7 heteroatoms. The number of pyridine rings is 1. The van der Waals surface area contributed by atoms with Crippen LogP contribution >= 0.6 is 0 Å². The van der Waals surface area contributed by atoms with Gasteiger partial charge in [-0.05, 0) is 29.8 Å². The van der Waals surface area contributed by atoms with E-state index in [1.807, 2.05) is 0 Å². The van der Waals surface area contributed by atoms with Crippen LogP contribution in [0.15, 0.2) is 47.6 Å². The Kier molecular flexibility index (Phi) is 4.21. The lowest BCUT2D eigenvalue weighted by Crippen LogP contribution is -2.24. The Morgan fingerprint density at radius 3 is 2.80 bits per heavy atom. The summed E-state index contributed by atoms with van der Waals surface area (Å²) in [6.07, 6.45) is 3.22. The van der Waals surface area contributed by atoms with E-state index in [1.54, 1.807) is 30.6 Å². The van der Waals surface area contributed by atoms with Gasteiger partial charge in [0, 0.05) is 24.6 Å². The van der Waals surface area contributed by atoms with Gasteiger partial charge in [0.2, 0.25) is 10.0 Å². The summed E-state index contributed by atoms with van der Waals surface area (Å²) in [6.45, 7) is 0.147. The first-order valence-corrected chi connectivity index (χ1v) is 7.33. The summed E-state index contributed by atoms with van der Waals surface area (Å²) in [7, 11) is -2.30. The maximum absolute atomic E-state index is 12.3. The zero-order valence-corrected chi connectivity index (χ0v) is 11.7. The molecule has 0 aliphatic carbocycles. The van der Waals surface area contributed by atoms with Crippen LogP contribution in [0.1, 0.15) is 5.56 Å². The van der Waals surface area contributed by atoms with E-state index in [9.17, 15) is 8.42 Å². The molecule has 0 unspecified atom stereocenters. The van der Waals surface area contributed by atoms with Crippen LogP contribution in [0.4, 0.5) is 5.69 Å². The SMILES string of the molecule is COc1ccc(N)cc1S(=O)(=O)NCc1cccnc1. The fourth-order valence-corrected chi connectivity index (χ4v) is 2.88. The smallest absolute Gasteiger partial charge is 0.244 e. The number of hydrogen-bond acceptors (Lipinski definition) is 5. The van der Waals surface area contributed by atoms with Crippen molar-refractivity contribution >= 4 is 15.7 Å². The molecule has 0 saturated carbocycles. The van der Waals surface area contributed by atoms with Crippen molar-refractivity contribution < 1.29 is 13.2 Å². The van der Waals surface area contributed by atoms with Crippen molar-refractivity contribution in [2.45, 2.75) is 11.4 Å². The Morgan fingerprint density at radius 2 is 2.15 bits per heavy atom. The minimum Gasteiger partial charge on any atom is -0.495 e. The summed E-state index contributed by atoms with van der Waals surface area (Å²) in [5.74, 6) is 0.248. The Labute approximate surface area is 117 Å². The van der Waals surface area contributed by atoms with Gasteiger partial charge in [-0.25, -0.2) is 13.1 Å². The Morgan fingerprint density at radius 1 is 1.35 bits per heavy atom. The van der Waals surface area contributed by atoms with E-state index in [0.717, 1.165) is 5.56 Å². The van der Waals surface area contributed by atoms with E-state index in [-0.39, 0.29) is 17.2 Å². The van der Waals surface area contributed by atoms with Crippen molar-refractivity contribution in [3.05, 3.63) is 48.3 Å². The van der Waals surface area contributed by atoms with Crippen LogP contribution in [0.25, 0.3) is 0 Å². The minimum atomic E-state index is -3.71. The van der Waals surface area contributed by atoms with Gasteiger partial charge in [-0.15, -0.1) is 0 Å². The fraction of sp³-hybridized carbons (Fsp3) is 0.154. The standard InChI is InChI=1S/C13H15N3O3S/c1-19-12-5-4-11(14)7-13(12)20(17,18)16-9-10-3-2-6-15-8-10/h2-8,16H,9,14H2,1H3. The number of anilines is 1. The predicted octanol–water partition coefficient (Wildman–Crippen LogP) is 1.15. The predicted molar refractivity (Wildman–Crippen MR) is 75.7 cm³/mol. The summed E-state index contributed by atoms with van der Waals surface area (Å²) in [4.78, 5) is 3.94. The van der Waals surface area contributed by atoms with Crippen LogP contribution in [0, 0.1) is 0 Å². The van der Waals surface area contributed by atoms with E-state index < -0.39 is 10.0 Å². The largest absolute Gasteiger partial charge is 0.495 e. The molecular weight excluding hydrogens is 278 g/mol. The molecule has 106 valence electrons. The number of ether oxygens (including phenoxy) is 1. The van der Waals surface area contributed by atoms with Crippen LogP contribution in [0.3, 0.4) is 0 Å². The molecule has 0 saturated heterocycles. The number of nitrogens with two attached hydrogens (primary N) is 1. The van der Waals surface area contributed by atoms with Crippen molar-refractivity contribution in [1.29, 1.82) is 0 Å². The summed E-state index contributed by atoms with van der Waals surface area (Å²) >= 11 is 0. The molecular formula is C13H15N3O3S. The monoisotopic (exact) mass is 293 g/mol. The second-order valence-corrected chi connectivity index (χ2v) is 5.83. The zero-order valence-electron chi connectivity index (χ0n) is 10.9. The number of hydrogen-bond donors (Lipinski definition) is 2. The summed E-state index contributed by atoms with van der Waals surface area (Å²) < 4.78 is 32.1. The Bertz CT molecular complexity index is 687. The second-order valence-electron chi connectivity index (χ2n) is 4.10. The van der Waals surface area contributed by atoms with Crippen molar-refractivity contribution in [2.24, 2.45) is 0 Å². The van der Waals surface area contributed by atoms with Gasteiger partial charge in [0.1, 0.15) is 10.6 Å². The van der Waals surface area contributed by atoms with Gasteiger partial charge >= 0.3 is 0 Å². The highest BCUT2D eigenvalue weighted by molar-refractivity contribution is 7.89. The molecule has 20 heavy (non-hydrogen) atoms. The average molecular weight is 293 g/mol. The molecule has 0 aliphatic rings. The Balaban J connectivity index is 2.24. The number of sulfonamides is 1. The van der Waals surface area contributed by atoms with E-state index in [0.29, 0.717) is 5.69 Å². The molecule has 6 nitrogen and oxygen atoms in total. The minimum absolute atomic E-state index is 0.0175. The lowest BCUT2D eigenvalue weighted by molar-refractivity contribution is 0.402. The highest BCUT2D eigenvalue weighted by Gasteiger charge is 2.19. The summed E-state index contributed by atoms with van der Waals surface area (Å²) in [6, 6.07) is 7.99. The van der Waals surface area contributed by atoms with Crippen LogP contribution in [0.5, 0.6) is 5.75 Å². The third-order valence-electron chi connectivity index (χ3n) is 2.67. The number of rotatable bonds is 5. The van der Waals surface area contributed by atoms with Gasteiger partial charge in [-0.2, -0.15) is 0 Å². The Hall–Kier alpha value is -2.12. The van der Waals surface area contributed by atoms with Gasteiger partial charge in [0.25, 0.3) is 0 Å². The first-order valence-electron chi connectivity index (χ1n) is 5.85. The number of benzene rings is 1. The van der Waals surface area contributed by atoms with E-state index >= 15 is 0 Å². The molecule has 0 radical (unpaired) electrons. The zero-order chi connectivity index (χ0) is 14.6. The van der Waals surface area contributed by atoms with Crippen molar-refractivity contribution in [3.8, 4) is 5.75 Å². The molecule has 0 aliphatic heterocycles. The molecule has 1 heterocycles. The lowest BCUT2D eigenvalue weighted by Gasteiger charge is -2.11. The van der Waals surface area contributed by atoms with E-state index in [1.165, 1.54) is 19.2 Å². The highest BCUT2D eigenvalue weighted by atomic mass is 32.2. The molecule has 2 rings (SSSR count). The van der Waals surface area contributed by atoms with Gasteiger partial charge in [0.05, 0.1) is 7.11 Å². The number of nitrogens with one attached hydrogen (secondary N) is 1. The van der Waals surface area contributed by atoms with Crippen molar-refractivity contribution in [1.82, 2.24) is 9.71 Å². The first-order chi connectivity index (χ1) is 9.53. The normalized spacial score (nSPS) is 11.2. The topological polar surface area (TPSA) is 94.3 Å². The fourth-order valence-electron chi connectivity index (χ4n) is 1.66. The van der Waals surface area contributed by atoms with Gasteiger partial charge in [-0.1, -0.05) is 6.07 Å². The molecule has 2 aromatic rings. The van der Waals surface area contributed by atoms with Crippen LogP contribution in [0.2, 0.25) is 0 Å². The number of nitrogen functional groups attached to an aromatic ring is 1. The van der Waals surface area contributed by atoms with Crippen LogP contribution < -0.4 is 15.2 Å². The molecule has 0 fully saturated rings. The number of aromatic nitrogens is 1. The van der Waals surface area contributed by atoms with Crippen LogP contribution in [-0.4, -0.2) is 20.5 Å². The third kappa shape index (κ3) is 3.25. The van der Waals surface area contributed by atoms with Gasteiger partial charge in [0.15, 0.2) is 0 Å². The maximum atomic E-state index is 12.3. The van der Waals surface area contributed by atoms with Gasteiger partial charge < -0.3 is 10.5 Å². The molecule has 1 aromatic carbocycles. The van der Waals surface area contributed by atoms with Gasteiger partial charge in [-0.3, -0.25) is 4.98 Å². The van der Waals surface area contributed by atoms with Crippen LogP contribution in [-0.2, 0) is 16.6 Å². The molecule has 0 spiro atoms. The van der Waals surface area contributed by atoms with Crippen molar-refractivity contribution in [2.75, 3.05) is 12.8 Å². The quantitative estimate of drug-likeness (QED) is 0.806. The van der Waals surface area contributed by atoms with Crippen molar-refractivity contribution in [3.63, 3.8) is 0 Å².